The highest BCUT2D eigenvalue weighted by atomic mass is 16.5. The number of benzene rings is 3. The van der Waals surface area contributed by atoms with Crippen molar-refractivity contribution in [2.24, 2.45) is 0 Å². The van der Waals surface area contributed by atoms with Crippen LogP contribution < -0.4 is 10.4 Å². The van der Waals surface area contributed by atoms with E-state index in [0.29, 0.717) is 16.5 Å². The number of aliphatic hydroxyl groups is 1. The predicted octanol–water partition coefficient (Wildman–Crippen LogP) is 3.92. The van der Waals surface area contributed by atoms with Gasteiger partial charge in [0.05, 0.1) is 10.9 Å². The van der Waals surface area contributed by atoms with Crippen LogP contribution in [0.25, 0.3) is 11.0 Å². The van der Waals surface area contributed by atoms with Crippen molar-refractivity contribution in [2.75, 3.05) is 0 Å². The molecule has 1 unspecified atom stereocenters. The molecule has 2 heterocycles. The van der Waals surface area contributed by atoms with Crippen molar-refractivity contribution in [1.29, 1.82) is 0 Å². The Bertz CT molecular complexity index is 1340. The van der Waals surface area contributed by atoms with Gasteiger partial charge in [0.2, 0.25) is 0 Å². The Morgan fingerprint density at radius 3 is 2.48 bits per heavy atom. The summed E-state index contributed by atoms with van der Waals surface area (Å²) in [6, 6.07) is 17.9. The number of carbonyl (C=O) groups is 1. The molecule has 1 aromatic heterocycles. The zero-order chi connectivity index (χ0) is 20.1. The summed E-state index contributed by atoms with van der Waals surface area (Å²) in [5, 5.41) is 21.9. The zero-order valence-electron chi connectivity index (χ0n) is 15.0. The van der Waals surface area contributed by atoms with E-state index >= 15 is 0 Å². The number of carbonyl (C=O) groups excluding carboxylic acids is 1. The van der Waals surface area contributed by atoms with Crippen LogP contribution in [-0.2, 0) is 0 Å². The molecule has 1 aliphatic rings. The predicted molar refractivity (Wildman–Crippen MR) is 105 cm³/mol. The van der Waals surface area contributed by atoms with Crippen molar-refractivity contribution in [3.05, 3.63) is 99.4 Å². The molecular weight excluding hydrogens is 372 g/mol. The second-order valence-corrected chi connectivity index (χ2v) is 6.74. The first-order valence-electron chi connectivity index (χ1n) is 8.93. The fourth-order valence-corrected chi connectivity index (χ4v) is 3.56. The number of rotatable bonds is 2. The number of fused-ring (bicyclic) bond motifs is 4. The Kier molecular flexibility index (Phi) is 3.75. The topological polar surface area (TPSA) is 97.0 Å². The third-order valence-electron chi connectivity index (χ3n) is 4.99. The minimum absolute atomic E-state index is 0.00577. The second-order valence-electron chi connectivity index (χ2n) is 6.74. The lowest BCUT2D eigenvalue weighted by Gasteiger charge is -2.25. The number of ether oxygens (including phenoxy) is 1. The van der Waals surface area contributed by atoms with Gasteiger partial charge in [-0.2, -0.15) is 0 Å². The number of aromatic hydroxyl groups is 1. The Labute approximate surface area is 164 Å². The lowest BCUT2D eigenvalue weighted by atomic mass is 9.93. The summed E-state index contributed by atoms with van der Waals surface area (Å²) in [4.78, 5) is 25.3. The van der Waals surface area contributed by atoms with Gasteiger partial charge in [-0.1, -0.05) is 42.5 Å². The molecule has 2 N–H and O–H groups in total. The highest BCUT2D eigenvalue weighted by Crippen LogP contribution is 2.46. The molecule has 142 valence electrons. The third kappa shape index (κ3) is 2.61. The molecule has 0 aliphatic carbocycles. The molecule has 29 heavy (non-hydrogen) atoms. The summed E-state index contributed by atoms with van der Waals surface area (Å²) < 4.78 is 11.2. The van der Waals surface area contributed by atoms with Crippen molar-refractivity contribution < 1.29 is 24.2 Å². The average molecular weight is 386 g/mol. The summed E-state index contributed by atoms with van der Waals surface area (Å²) in [5.41, 5.74) is 0.163. The Morgan fingerprint density at radius 1 is 0.966 bits per heavy atom. The van der Waals surface area contributed by atoms with Gasteiger partial charge in [-0.3, -0.25) is 4.79 Å². The molecule has 1 atom stereocenters. The van der Waals surface area contributed by atoms with Gasteiger partial charge in [0, 0.05) is 17.2 Å². The molecular formula is C23H14O6. The van der Waals surface area contributed by atoms with Gasteiger partial charge >= 0.3 is 5.63 Å². The minimum atomic E-state index is -1.36. The summed E-state index contributed by atoms with van der Waals surface area (Å²) in [7, 11) is 0. The van der Waals surface area contributed by atoms with Crippen LogP contribution in [0.4, 0.5) is 0 Å². The van der Waals surface area contributed by atoms with Gasteiger partial charge in [-0.05, 0) is 18.2 Å². The highest BCUT2D eigenvalue weighted by Gasteiger charge is 2.33. The van der Waals surface area contributed by atoms with Gasteiger partial charge in [0.25, 0.3) is 0 Å². The maximum Gasteiger partial charge on any atom is 0.346 e. The number of para-hydroxylation sites is 1. The Morgan fingerprint density at radius 2 is 1.69 bits per heavy atom. The minimum Gasteiger partial charge on any atom is -0.507 e. The van der Waals surface area contributed by atoms with Gasteiger partial charge in [0.1, 0.15) is 28.7 Å². The number of ketones is 1. The highest BCUT2D eigenvalue weighted by molar-refractivity contribution is 6.11. The summed E-state index contributed by atoms with van der Waals surface area (Å²) in [5.74, 6) is -0.337. The van der Waals surface area contributed by atoms with Crippen molar-refractivity contribution in [2.45, 2.75) is 6.10 Å². The van der Waals surface area contributed by atoms with E-state index in [1.54, 1.807) is 54.6 Å². The van der Waals surface area contributed by atoms with E-state index in [1.165, 1.54) is 12.1 Å². The van der Waals surface area contributed by atoms with E-state index in [0.717, 1.165) is 0 Å². The van der Waals surface area contributed by atoms with Crippen LogP contribution in [-0.4, -0.2) is 16.0 Å². The van der Waals surface area contributed by atoms with E-state index in [2.05, 4.69) is 0 Å². The molecule has 0 bridgehead atoms. The van der Waals surface area contributed by atoms with E-state index in [-0.39, 0.29) is 33.9 Å². The quantitative estimate of drug-likeness (QED) is 0.400. The molecule has 0 fully saturated rings. The molecule has 3 aromatic carbocycles. The first kappa shape index (κ1) is 17.2. The number of hydrogen-bond acceptors (Lipinski definition) is 6. The van der Waals surface area contributed by atoms with Crippen molar-refractivity contribution >= 4 is 16.8 Å². The van der Waals surface area contributed by atoms with Gasteiger partial charge < -0.3 is 19.4 Å². The molecule has 4 aromatic rings. The smallest absolute Gasteiger partial charge is 0.346 e. The molecule has 5 rings (SSSR count). The number of phenols is 1. The molecule has 0 radical (unpaired) electrons. The Hall–Kier alpha value is -3.90. The number of hydrogen-bond donors (Lipinski definition) is 2. The lowest BCUT2D eigenvalue weighted by Crippen LogP contribution is -2.20. The van der Waals surface area contributed by atoms with Crippen LogP contribution in [0, 0.1) is 0 Å². The van der Waals surface area contributed by atoms with E-state index < -0.39 is 17.5 Å². The standard InChI is InChI=1S/C23H14O6/c24-16-11-18-15(10-14(16)20(25)12-6-2-1-3-7-12)21(26)19-22(28-18)13-8-4-5-9-17(13)29-23(19)27/h1-11,21,24,26H. The first-order valence-corrected chi connectivity index (χ1v) is 8.93. The van der Waals surface area contributed by atoms with Gasteiger partial charge in [-0.15, -0.1) is 0 Å². The number of aliphatic hydroxyl groups excluding tert-OH is 1. The van der Waals surface area contributed by atoms with Gasteiger partial charge in [0.15, 0.2) is 11.5 Å². The maximum absolute atomic E-state index is 12.8. The Balaban J connectivity index is 1.68. The molecule has 1 aliphatic heterocycles. The largest absolute Gasteiger partial charge is 0.507 e. The zero-order valence-corrected chi connectivity index (χ0v) is 15.0. The molecule has 0 spiro atoms. The van der Waals surface area contributed by atoms with Crippen molar-refractivity contribution in [3.8, 4) is 17.2 Å². The fraction of sp³-hybridized carbons (Fsp3) is 0.0435. The SMILES string of the molecule is O=C(c1ccccc1)c1cc2c(cc1O)Oc1c(c(=O)oc3ccccc13)C2O. The van der Waals surface area contributed by atoms with Crippen LogP contribution >= 0.6 is 0 Å². The van der Waals surface area contributed by atoms with E-state index in [1.807, 2.05) is 0 Å². The number of phenolic OH excluding ortho intramolecular Hbond substituents is 1. The monoisotopic (exact) mass is 386 g/mol. The maximum atomic E-state index is 12.8. The van der Waals surface area contributed by atoms with E-state index in [4.69, 9.17) is 9.15 Å². The van der Waals surface area contributed by atoms with Crippen molar-refractivity contribution in [1.82, 2.24) is 0 Å². The van der Waals surface area contributed by atoms with Crippen LogP contribution in [0.3, 0.4) is 0 Å². The first-order chi connectivity index (χ1) is 14.0. The third-order valence-corrected chi connectivity index (χ3v) is 4.99. The van der Waals surface area contributed by atoms with E-state index in [9.17, 15) is 19.8 Å². The van der Waals surface area contributed by atoms with Crippen LogP contribution in [0.2, 0.25) is 0 Å². The molecule has 0 amide bonds. The fourth-order valence-electron chi connectivity index (χ4n) is 3.56. The molecule has 0 saturated heterocycles. The molecule has 6 heteroatoms. The van der Waals surface area contributed by atoms with Gasteiger partial charge in [-0.25, -0.2) is 4.79 Å². The van der Waals surface area contributed by atoms with Crippen LogP contribution in [0.15, 0.2) is 75.9 Å². The lowest BCUT2D eigenvalue weighted by molar-refractivity contribution is 0.103. The normalized spacial score (nSPS) is 14.7. The summed E-state index contributed by atoms with van der Waals surface area (Å²) in [6.07, 6.45) is -1.36. The average Bonchev–Trinajstić information content (AvgIpc) is 2.73. The van der Waals surface area contributed by atoms with Crippen LogP contribution in [0.5, 0.6) is 17.2 Å². The van der Waals surface area contributed by atoms with Crippen molar-refractivity contribution in [3.63, 3.8) is 0 Å². The summed E-state index contributed by atoms with van der Waals surface area (Å²) >= 11 is 0. The molecule has 6 nitrogen and oxygen atoms in total. The second kappa shape index (κ2) is 6.32. The molecule has 0 saturated carbocycles. The summed E-state index contributed by atoms with van der Waals surface area (Å²) in [6.45, 7) is 0. The van der Waals surface area contributed by atoms with Crippen LogP contribution in [0.1, 0.15) is 33.2 Å².